The van der Waals surface area contributed by atoms with Crippen molar-refractivity contribution in [2.24, 2.45) is 4.99 Å². The van der Waals surface area contributed by atoms with Crippen molar-refractivity contribution < 1.29 is 4.79 Å². The number of aryl methyl sites for hydroxylation is 2. The lowest BCUT2D eigenvalue weighted by molar-refractivity contribution is 0.565. The van der Waals surface area contributed by atoms with Crippen LogP contribution in [0, 0.1) is 0 Å². The van der Waals surface area contributed by atoms with Gasteiger partial charge < -0.3 is 0 Å². The second-order valence-electron chi connectivity index (χ2n) is 2.68. The van der Waals surface area contributed by atoms with Gasteiger partial charge in [-0.25, -0.2) is 9.78 Å². The summed E-state index contributed by atoms with van der Waals surface area (Å²) >= 11 is 0. The van der Waals surface area contributed by atoms with Crippen molar-refractivity contribution in [3.8, 4) is 0 Å². The highest BCUT2D eigenvalue weighted by Gasteiger charge is 2.13. The summed E-state index contributed by atoms with van der Waals surface area (Å²) in [6, 6.07) is 0. The molecule has 60 valence electrons. The number of isocyanates is 1. The normalized spacial score (nSPS) is 13.7. The second kappa shape index (κ2) is 2.83. The van der Waals surface area contributed by atoms with Gasteiger partial charge in [0, 0.05) is 0 Å². The highest BCUT2D eigenvalue weighted by atomic mass is 16.1. The molecule has 1 aromatic rings. The van der Waals surface area contributed by atoms with Gasteiger partial charge in [0.2, 0.25) is 6.08 Å². The minimum Gasteiger partial charge on any atom is -0.255 e. The molecule has 1 aliphatic carbocycles. The van der Waals surface area contributed by atoms with Crippen LogP contribution < -0.4 is 0 Å². The van der Waals surface area contributed by atoms with Crippen LogP contribution in [0.3, 0.4) is 0 Å². The molecule has 4 nitrogen and oxygen atoms in total. The maximum Gasteiger partial charge on any atom is 0.242 e. The number of fused-ring (bicyclic) bond motifs is 1. The van der Waals surface area contributed by atoms with Crippen LogP contribution >= 0.6 is 0 Å². The zero-order valence-corrected chi connectivity index (χ0v) is 6.45. The summed E-state index contributed by atoms with van der Waals surface area (Å²) < 4.78 is 0. The van der Waals surface area contributed by atoms with E-state index in [4.69, 9.17) is 0 Å². The molecule has 0 atom stereocenters. The molecule has 0 fully saturated rings. The van der Waals surface area contributed by atoms with E-state index in [9.17, 15) is 4.79 Å². The minimum atomic E-state index is 0.366. The SMILES string of the molecule is O=C=Nc1cnc2c(n1)CCC2. The van der Waals surface area contributed by atoms with Gasteiger partial charge in [0.15, 0.2) is 5.82 Å². The van der Waals surface area contributed by atoms with Crippen molar-refractivity contribution in [1.29, 1.82) is 0 Å². The maximum absolute atomic E-state index is 9.92. The summed E-state index contributed by atoms with van der Waals surface area (Å²) in [7, 11) is 0. The van der Waals surface area contributed by atoms with Gasteiger partial charge in [0.25, 0.3) is 0 Å². The van der Waals surface area contributed by atoms with Gasteiger partial charge in [0.05, 0.1) is 17.6 Å². The van der Waals surface area contributed by atoms with Gasteiger partial charge in [-0.15, -0.1) is 4.99 Å². The number of nitrogens with zero attached hydrogens (tertiary/aromatic N) is 3. The van der Waals surface area contributed by atoms with E-state index in [2.05, 4.69) is 15.0 Å². The summed E-state index contributed by atoms with van der Waals surface area (Å²) in [5, 5.41) is 0. The molecular weight excluding hydrogens is 154 g/mol. The van der Waals surface area contributed by atoms with E-state index in [1.54, 1.807) is 0 Å². The predicted molar refractivity (Wildman–Crippen MR) is 41.8 cm³/mol. The summed E-state index contributed by atoms with van der Waals surface area (Å²) in [5.74, 6) is 0.366. The van der Waals surface area contributed by atoms with Crippen molar-refractivity contribution in [1.82, 2.24) is 9.97 Å². The highest BCUT2D eigenvalue weighted by Crippen LogP contribution is 2.19. The van der Waals surface area contributed by atoms with Crippen molar-refractivity contribution in [2.75, 3.05) is 0 Å². The van der Waals surface area contributed by atoms with E-state index in [1.807, 2.05) is 0 Å². The molecule has 4 heteroatoms. The molecule has 0 unspecified atom stereocenters. The molecule has 2 rings (SSSR count). The predicted octanol–water partition coefficient (Wildman–Crippen LogP) is 0.933. The lowest BCUT2D eigenvalue weighted by Gasteiger charge is -1.95. The summed E-state index contributed by atoms with van der Waals surface area (Å²) in [6.07, 6.45) is 6.00. The molecule has 0 aromatic carbocycles. The third-order valence-electron chi connectivity index (χ3n) is 1.91. The van der Waals surface area contributed by atoms with Gasteiger partial charge >= 0.3 is 0 Å². The number of carbonyl (C=O) groups excluding carboxylic acids is 1. The largest absolute Gasteiger partial charge is 0.255 e. The monoisotopic (exact) mass is 161 g/mol. The number of rotatable bonds is 1. The average molecular weight is 161 g/mol. The third-order valence-corrected chi connectivity index (χ3v) is 1.91. The maximum atomic E-state index is 9.92. The lowest BCUT2D eigenvalue weighted by Crippen LogP contribution is -1.90. The van der Waals surface area contributed by atoms with Crippen LogP contribution in [0.1, 0.15) is 17.8 Å². The van der Waals surface area contributed by atoms with E-state index in [1.165, 1.54) is 12.3 Å². The Hall–Kier alpha value is -1.54. The molecule has 0 N–H and O–H groups in total. The Morgan fingerprint density at radius 2 is 2.25 bits per heavy atom. The third kappa shape index (κ3) is 1.12. The fourth-order valence-electron chi connectivity index (χ4n) is 1.37. The van der Waals surface area contributed by atoms with Crippen molar-refractivity contribution in [3.63, 3.8) is 0 Å². The first-order chi connectivity index (χ1) is 5.90. The Bertz CT molecular complexity index is 355. The smallest absolute Gasteiger partial charge is 0.242 e. The molecule has 12 heavy (non-hydrogen) atoms. The molecule has 0 spiro atoms. The van der Waals surface area contributed by atoms with Gasteiger partial charge in [0.1, 0.15) is 0 Å². The average Bonchev–Trinajstić information content (AvgIpc) is 2.51. The van der Waals surface area contributed by atoms with E-state index in [0.717, 1.165) is 30.7 Å². The molecule has 1 heterocycles. The Balaban J connectivity index is 2.45. The Labute approximate surface area is 69.4 Å². The molecule has 1 aromatic heterocycles. The van der Waals surface area contributed by atoms with Crippen molar-refractivity contribution in [3.05, 3.63) is 17.6 Å². The molecule has 0 aliphatic heterocycles. The van der Waals surface area contributed by atoms with Crippen molar-refractivity contribution >= 4 is 11.9 Å². The Morgan fingerprint density at radius 1 is 1.42 bits per heavy atom. The second-order valence-corrected chi connectivity index (χ2v) is 2.68. The highest BCUT2D eigenvalue weighted by molar-refractivity contribution is 5.43. The first-order valence-corrected chi connectivity index (χ1v) is 3.83. The summed E-state index contributed by atoms with van der Waals surface area (Å²) in [6.45, 7) is 0. The summed E-state index contributed by atoms with van der Waals surface area (Å²) in [5.41, 5.74) is 2.02. The van der Waals surface area contributed by atoms with Crippen LogP contribution in [0.4, 0.5) is 5.82 Å². The Kier molecular flexibility index (Phi) is 1.68. The molecule has 0 radical (unpaired) electrons. The number of aromatic nitrogens is 2. The minimum absolute atomic E-state index is 0.366. The zero-order valence-electron chi connectivity index (χ0n) is 6.45. The van der Waals surface area contributed by atoms with Crippen LogP contribution in [-0.4, -0.2) is 16.0 Å². The molecule has 1 aliphatic rings. The van der Waals surface area contributed by atoms with Gasteiger partial charge in [-0.05, 0) is 19.3 Å². The standard InChI is InChI=1S/C8H7N3O/c12-5-10-8-4-9-6-2-1-3-7(6)11-8/h4H,1-3H2. The molecule has 0 bridgehead atoms. The summed E-state index contributed by atoms with van der Waals surface area (Å²) in [4.78, 5) is 21.6. The molecule has 0 saturated carbocycles. The molecular formula is C8H7N3O. The van der Waals surface area contributed by atoms with E-state index < -0.39 is 0 Å². The van der Waals surface area contributed by atoms with Gasteiger partial charge in [-0.3, -0.25) is 4.98 Å². The van der Waals surface area contributed by atoms with Crippen LogP contribution in [-0.2, 0) is 17.6 Å². The van der Waals surface area contributed by atoms with Gasteiger partial charge in [-0.1, -0.05) is 0 Å². The zero-order chi connectivity index (χ0) is 8.39. The molecule has 0 amide bonds. The first-order valence-electron chi connectivity index (χ1n) is 3.83. The number of aliphatic imine (C=N–C) groups is 1. The van der Waals surface area contributed by atoms with Crippen LogP contribution in [0.5, 0.6) is 0 Å². The first kappa shape index (κ1) is 7.13. The Morgan fingerprint density at radius 3 is 3.08 bits per heavy atom. The quantitative estimate of drug-likeness (QED) is 0.454. The fourth-order valence-corrected chi connectivity index (χ4v) is 1.37. The van der Waals surface area contributed by atoms with E-state index in [-0.39, 0.29) is 0 Å². The van der Waals surface area contributed by atoms with E-state index >= 15 is 0 Å². The number of hydrogen-bond acceptors (Lipinski definition) is 4. The lowest BCUT2D eigenvalue weighted by atomic mass is 10.3. The molecule has 0 saturated heterocycles. The van der Waals surface area contributed by atoms with Crippen LogP contribution in [0.25, 0.3) is 0 Å². The van der Waals surface area contributed by atoms with Crippen LogP contribution in [0.2, 0.25) is 0 Å². The van der Waals surface area contributed by atoms with Crippen LogP contribution in [0.15, 0.2) is 11.2 Å². The van der Waals surface area contributed by atoms with Crippen molar-refractivity contribution in [2.45, 2.75) is 19.3 Å². The van der Waals surface area contributed by atoms with E-state index in [0.29, 0.717) is 5.82 Å². The van der Waals surface area contributed by atoms with Gasteiger partial charge in [-0.2, -0.15) is 0 Å². The topological polar surface area (TPSA) is 55.2 Å². The fraction of sp³-hybridized carbons (Fsp3) is 0.375. The number of hydrogen-bond donors (Lipinski definition) is 0.